The van der Waals surface area contributed by atoms with Gasteiger partial charge in [-0.05, 0) is 54.8 Å². The minimum Gasteiger partial charge on any atom is -0.481 e. The second kappa shape index (κ2) is 6.96. The summed E-state index contributed by atoms with van der Waals surface area (Å²) in [6.07, 6.45) is -4.40. The van der Waals surface area contributed by atoms with E-state index in [9.17, 15) is 23.1 Å². The van der Waals surface area contributed by atoms with Crippen LogP contribution >= 0.6 is 11.6 Å². The summed E-state index contributed by atoms with van der Waals surface area (Å²) in [5.41, 5.74) is 1.59. The lowest BCUT2D eigenvalue weighted by atomic mass is 9.92. The Morgan fingerprint density at radius 2 is 2.04 bits per heavy atom. The molecule has 1 heterocycles. The lowest BCUT2D eigenvalue weighted by Gasteiger charge is -2.36. The summed E-state index contributed by atoms with van der Waals surface area (Å²) < 4.78 is 41.4. The van der Waals surface area contributed by atoms with E-state index < -0.39 is 17.9 Å². The molecule has 0 bridgehead atoms. The molecule has 2 aromatic rings. The van der Waals surface area contributed by atoms with Crippen molar-refractivity contribution in [2.45, 2.75) is 38.2 Å². The molecule has 0 aliphatic carbocycles. The molecule has 0 spiro atoms. The average Bonchev–Trinajstić information content (AvgIpc) is 2.76. The van der Waals surface area contributed by atoms with Crippen molar-refractivity contribution in [2.24, 2.45) is 0 Å². The molecule has 3 rings (SSSR count). The maximum atomic E-state index is 12.5. The molecule has 0 aromatic heterocycles. The Labute approximate surface area is 159 Å². The number of carbonyl (C=O) groups is 1. The predicted octanol–water partition coefficient (Wildman–Crippen LogP) is 5.03. The molecule has 1 aliphatic heterocycles. The molecule has 0 radical (unpaired) electrons. The standard InChI is InChI=1S/C19H17ClF3NO3/c1-18(10-17(25)26)9-13-8-14(20)5-6-16(13)24(18)11-12-3-2-4-15(7-12)27-19(21,22)23/h2-8H,9-11H2,1H3,(H,25,26). The van der Waals surface area contributed by atoms with Gasteiger partial charge in [0, 0.05) is 17.3 Å². The number of hydrogen-bond donors (Lipinski definition) is 1. The van der Waals surface area contributed by atoms with E-state index in [-0.39, 0.29) is 18.7 Å². The Bertz CT molecular complexity index is 872. The highest BCUT2D eigenvalue weighted by atomic mass is 35.5. The van der Waals surface area contributed by atoms with E-state index in [1.807, 2.05) is 11.8 Å². The summed E-state index contributed by atoms with van der Waals surface area (Å²) >= 11 is 6.05. The van der Waals surface area contributed by atoms with E-state index in [0.29, 0.717) is 17.0 Å². The summed E-state index contributed by atoms with van der Waals surface area (Å²) in [5, 5.41) is 9.88. The highest BCUT2D eigenvalue weighted by Gasteiger charge is 2.41. The van der Waals surface area contributed by atoms with Crippen LogP contribution in [0.2, 0.25) is 5.02 Å². The first-order chi connectivity index (χ1) is 12.6. The Morgan fingerprint density at radius 3 is 2.70 bits per heavy atom. The first-order valence-electron chi connectivity index (χ1n) is 8.18. The van der Waals surface area contributed by atoms with Gasteiger partial charge in [0.1, 0.15) is 5.75 Å². The summed E-state index contributed by atoms with van der Waals surface area (Å²) in [5.74, 6) is -1.26. The van der Waals surface area contributed by atoms with Gasteiger partial charge < -0.3 is 14.7 Å². The number of hydrogen-bond acceptors (Lipinski definition) is 3. The van der Waals surface area contributed by atoms with Crippen LogP contribution in [0.15, 0.2) is 42.5 Å². The lowest BCUT2D eigenvalue weighted by Crippen LogP contribution is -2.45. The molecule has 144 valence electrons. The van der Waals surface area contributed by atoms with Crippen molar-refractivity contribution in [3.05, 3.63) is 58.6 Å². The monoisotopic (exact) mass is 399 g/mol. The van der Waals surface area contributed by atoms with Crippen LogP contribution in [0.1, 0.15) is 24.5 Å². The zero-order chi connectivity index (χ0) is 19.8. The van der Waals surface area contributed by atoms with Crippen molar-refractivity contribution in [2.75, 3.05) is 4.90 Å². The van der Waals surface area contributed by atoms with E-state index in [1.54, 1.807) is 24.3 Å². The maximum Gasteiger partial charge on any atom is 0.573 e. The number of carboxylic acid groups (broad SMARTS) is 1. The van der Waals surface area contributed by atoms with Gasteiger partial charge in [-0.25, -0.2) is 0 Å². The molecule has 0 saturated carbocycles. The van der Waals surface area contributed by atoms with Gasteiger partial charge in [0.05, 0.1) is 12.0 Å². The fourth-order valence-corrected chi connectivity index (χ4v) is 3.73. The van der Waals surface area contributed by atoms with Crippen LogP contribution in [-0.2, 0) is 17.8 Å². The third kappa shape index (κ3) is 4.47. The van der Waals surface area contributed by atoms with E-state index >= 15 is 0 Å². The van der Waals surface area contributed by atoms with Gasteiger partial charge in [-0.15, -0.1) is 13.2 Å². The Kier molecular flexibility index (Phi) is 4.99. The number of rotatable bonds is 5. The Balaban J connectivity index is 1.93. The van der Waals surface area contributed by atoms with Crippen molar-refractivity contribution < 1.29 is 27.8 Å². The highest BCUT2D eigenvalue weighted by molar-refractivity contribution is 6.30. The van der Waals surface area contributed by atoms with Gasteiger partial charge in [0.15, 0.2) is 0 Å². The molecular weight excluding hydrogens is 383 g/mol. The van der Waals surface area contributed by atoms with E-state index in [2.05, 4.69) is 4.74 Å². The summed E-state index contributed by atoms with van der Waals surface area (Å²) in [6, 6.07) is 11.0. The first-order valence-corrected chi connectivity index (χ1v) is 8.56. The van der Waals surface area contributed by atoms with Crippen LogP contribution in [0, 0.1) is 0 Å². The third-order valence-electron chi connectivity index (χ3n) is 4.56. The zero-order valence-electron chi connectivity index (χ0n) is 14.4. The molecule has 0 fully saturated rings. The molecule has 0 saturated heterocycles. The van der Waals surface area contributed by atoms with Crippen LogP contribution in [0.3, 0.4) is 0 Å². The van der Waals surface area contributed by atoms with Gasteiger partial charge in [-0.2, -0.15) is 0 Å². The molecule has 8 heteroatoms. The maximum absolute atomic E-state index is 12.5. The van der Waals surface area contributed by atoms with Crippen molar-refractivity contribution in [3.63, 3.8) is 0 Å². The molecule has 1 aliphatic rings. The van der Waals surface area contributed by atoms with Gasteiger partial charge in [0.25, 0.3) is 0 Å². The number of nitrogens with zero attached hydrogens (tertiary/aromatic N) is 1. The smallest absolute Gasteiger partial charge is 0.481 e. The highest BCUT2D eigenvalue weighted by Crippen LogP contribution is 2.43. The number of fused-ring (bicyclic) bond motifs is 1. The quantitative estimate of drug-likeness (QED) is 0.765. The largest absolute Gasteiger partial charge is 0.573 e. The van der Waals surface area contributed by atoms with E-state index in [4.69, 9.17) is 11.6 Å². The zero-order valence-corrected chi connectivity index (χ0v) is 15.1. The molecular formula is C19H17ClF3NO3. The van der Waals surface area contributed by atoms with Gasteiger partial charge in [-0.3, -0.25) is 4.79 Å². The molecule has 1 N–H and O–H groups in total. The van der Waals surface area contributed by atoms with Crippen molar-refractivity contribution in [1.29, 1.82) is 0 Å². The number of benzene rings is 2. The molecule has 1 unspecified atom stereocenters. The Morgan fingerprint density at radius 1 is 1.30 bits per heavy atom. The van der Waals surface area contributed by atoms with Crippen LogP contribution in [0.25, 0.3) is 0 Å². The minimum atomic E-state index is -4.77. The number of ether oxygens (including phenoxy) is 1. The fraction of sp³-hybridized carbons (Fsp3) is 0.316. The van der Waals surface area contributed by atoms with Crippen molar-refractivity contribution >= 4 is 23.3 Å². The number of alkyl halides is 3. The number of halogens is 4. The fourth-order valence-electron chi connectivity index (χ4n) is 3.54. The summed E-state index contributed by atoms with van der Waals surface area (Å²) in [4.78, 5) is 13.3. The third-order valence-corrected chi connectivity index (χ3v) is 4.80. The second-order valence-electron chi connectivity index (χ2n) is 6.80. The Hall–Kier alpha value is -2.41. The average molecular weight is 400 g/mol. The molecule has 0 amide bonds. The van der Waals surface area contributed by atoms with Crippen molar-refractivity contribution in [1.82, 2.24) is 0 Å². The number of anilines is 1. The number of aliphatic carboxylic acids is 1. The van der Waals surface area contributed by atoms with Crippen molar-refractivity contribution in [3.8, 4) is 5.75 Å². The second-order valence-corrected chi connectivity index (χ2v) is 7.24. The predicted molar refractivity (Wildman–Crippen MR) is 95.1 cm³/mol. The van der Waals surface area contributed by atoms with Crippen LogP contribution in [0.5, 0.6) is 5.75 Å². The summed E-state index contributed by atoms with van der Waals surface area (Å²) in [6.45, 7) is 2.07. The first kappa shape index (κ1) is 19.4. The van der Waals surface area contributed by atoms with Crippen LogP contribution < -0.4 is 9.64 Å². The molecule has 27 heavy (non-hydrogen) atoms. The normalized spacial score (nSPS) is 19.1. The summed E-state index contributed by atoms with van der Waals surface area (Å²) in [7, 11) is 0. The number of carboxylic acids is 1. The van der Waals surface area contributed by atoms with Crippen LogP contribution in [-0.4, -0.2) is 23.0 Å². The van der Waals surface area contributed by atoms with E-state index in [0.717, 1.165) is 11.3 Å². The topological polar surface area (TPSA) is 49.8 Å². The molecule has 1 atom stereocenters. The van der Waals surface area contributed by atoms with E-state index in [1.165, 1.54) is 18.2 Å². The van der Waals surface area contributed by atoms with Crippen LogP contribution in [0.4, 0.5) is 18.9 Å². The minimum absolute atomic E-state index is 0.113. The molecule has 2 aromatic carbocycles. The molecule has 4 nitrogen and oxygen atoms in total. The SMILES string of the molecule is CC1(CC(=O)O)Cc2cc(Cl)ccc2N1Cc1cccc(OC(F)(F)F)c1. The van der Waals surface area contributed by atoms with Gasteiger partial charge >= 0.3 is 12.3 Å². The van der Waals surface area contributed by atoms with Gasteiger partial charge in [0.2, 0.25) is 0 Å². The van der Waals surface area contributed by atoms with Gasteiger partial charge in [-0.1, -0.05) is 23.7 Å². The lowest BCUT2D eigenvalue weighted by molar-refractivity contribution is -0.274.